The van der Waals surface area contributed by atoms with Crippen LogP contribution in [0.5, 0.6) is 11.5 Å². The second kappa shape index (κ2) is 5.33. The molecule has 2 aromatic carbocycles. The Morgan fingerprint density at radius 2 is 1.95 bits per heavy atom. The fourth-order valence-corrected chi connectivity index (χ4v) is 2.42. The molecule has 2 rings (SSSR count). The molecule has 0 amide bonds. The molecule has 0 atom stereocenters. The Labute approximate surface area is 120 Å². The number of benzene rings is 2. The SMILES string of the molecule is Cc1ccc(Oc2c(C)cc(Br)cc2N)c(C#N)c1. The van der Waals surface area contributed by atoms with Crippen molar-refractivity contribution in [3.05, 3.63) is 51.5 Å². The summed E-state index contributed by atoms with van der Waals surface area (Å²) < 4.78 is 6.71. The molecule has 0 aliphatic carbocycles. The maximum atomic E-state index is 9.13. The number of nitriles is 1. The van der Waals surface area contributed by atoms with E-state index >= 15 is 0 Å². The van der Waals surface area contributed by atoms with Gasteiger partial charge in [-0.3, -0.25) is 0 Å². The molecular weight excluding hydrogens is 304 g/mol. The van der Waals surface area contributed by atoms with Crippen molar-refractivity contribution in [2.75, 3.05) is 5.73 Å². The van der Waals surface area contributed by atoms with Crippen LogP contribution in [0.1, 0.15) is 16.7 Å². The highest BCUT2D eigenvalue weighted by molar-refractivity contribution is 9.10. The van der Waals surface area contributed by atoms with Gasteiger partial charge < -0.3 is 10.5 Å². The van der Waals surface area contributed by atoms with E-state index in [4.69, 9.17) is 15.7 Å². The fourth-order valence-electron chi connectivity index (χ4n) is 1.83. The lowest BCUT2D eigenvalue weighted by atomic mass is 10.1. The van der Waals surface area contributed by atoms with Gasteiger partial charge in [0.2, 0.25) is 0 Å². The van der Waals surface area contributed by atoms with E-state index in [9.17, 15) is 0 Å². The van der Waals surface area contributed by atoms with Crippen LogP contribution >= 0.6 is 15.9 Å². The van der Waals surface area contributed by atoms with Crippen molar-refractivity contribution in [3.8, 4) is 17.6 Å². The van der Waals surface area contributed by atoms with E-state index in [0.717, 1.165) is 15.6 Å². The summed E-state index contributed by atoms with van der Waals surface area (Å²) in [4.78, 5) is 0. The summed E-state index contributed by atoms with van der Waals surface area (Å²) in [5.74, 6) is 1.11. The Morgan fingerprint density at radius 3 is 2.58 bits per heavy atom. The molecule has 0 aliphatic rings. The molecule has 0 saturated heterocycles. The standard InChI is InChI=1S/C15H13BrN2O/c1-9-3-4-14(11(5-9)8-17)19-15-10(2)6-12(16)7-13(15)18/h3-7H,18H2,1-2H3. The van der Waals surface area contributed by atoms with Crippen LogP contribution in [0.3, 0.4) is 0 Å². The number of nitrogen functional groups attached to an aromatic ring is 1. The number of halogens is 1. The third-order valence-corrected chi connectivity index (χ3v) is 3.19. The van der Waals surface area contributed by atoms with E-state index in [1.54, 1.807) is 18.2 Å². The summed E-state index contributed by atoms with van der Waals surface area (Å²) in [7, 11) is 0. The average Bonchev–Trinajstić information content (AvgIpc) is 2.35. The first kappa shape index (κ1) is 13.4. The molecule has 4 heteroatoms. The van der Waals surface area contributed by atoms with E-state index in [0.29, 0.717) is 22.7 Å². The van der Waals surface area contributed by atoms with Crippen molar-refractivity contribution in [2.24, 2.45) is 0 Å². The van der Waals surface area contributed by atoms with Gasteiger partial charge in [0.1, 0.15) is 11.8 Å². The quantitative estimate of drug-likeness (QED) is 0.840. The monoisotopic (exact) mass is 316 g/mol. The fraction of sp³-hybridized carbons (Fsp3) is 0.133. The van der Waals surface area contributed by atoms with Crippen molar-refractivity contribution < 1.29 is 4.74 Å². The van der Waals surface area contributed by atoms with E-state index in [2.05, 4.69) is 22.0 Å². The molecule has 0 radical (unpaired) electrons. The molecular formula is C15H13BrN2O. The minimum Gasteiger partial charge on any atom is -0.454 e. The topological polar surface area (TPSA) is 59.0 Å². The summed E-state index contributed by atoms with van der Waals surface area (Å²) in [5.41, 5.74) is 8.92. The molecule has 0 fully saturated rings. The van der Waals surface area contributed by atoms with E-state index in [1.165, 1.54) is 0 Å². The number of hydrogen-bond donors (Lipinski definition) is 1. The minimum absolute atomic E-state index is 0.502. The maximum absolute atomic E-state index is 9.13. The molecule has 2 aromatic rings. The maximum Gasteiger partial charge on any atom is 0.153 e. The average molecular weight is 317 g/mol. The number of anilines is 1. The summed E-state index contributed by atoms with van der Waals surface area (Å²) in [5, 5.41) is 9.13. The van der Waals surface area contributed by atoms with Gasteiger partial charge in [0.05, 0.1) is 11.3 Å². The summed E-state index contributed by atoms with van der Waals surface area (Å²) in [6.07, 6.45) is 0. The largest absolute Gasteiger partial charge is 0.454 e. The highest BCUT2D eigenvalue weighted by atomic mass is 79.9. The number of nitrogens with two attached hydrogens (primary N) is 1. The van der Waals surface area contributed by atoms with Gasteiger partial charge in [-0.15, -0.1) is 0 Å². The van der Waals surface area contributed by atoms with Crippen LogP contribution in [-0.2, 0) is 0 Å². The molecule has 0 aromatic heterocycles. The van der Waals surface area contributed by atoms with Gasteiger partial charge in [-0.25, -0.2) is 0 Å². The Kier molecular flexibility index (Phi) is 3.77. The third-order valence-electron chi connectivity index (χ3n) is 2.74. The smallest absolute Gasteiger partial charge is 0.153 e. The van der Waals surface area contributed by atoms with Crippen LogP contribution in [0.15, 0.2) is 34.8 Å². The van der Waals surface area contributed by atoms with Crippen LogP contribution < -0.4 is 10.5 Å². The van der Waals surface area contributed by atoms with Gasteiger partial charge in [-0.1, -0.05) is 22.0 Å². The number of ether oxygens (including phenoxy) is 1. The lowest BCUT2D eigenvalue weighted by Gasteiger charge is -2.13. The highest BCUT2D eigenvalue weighted by Gasteiger charge is 2.10. The molecule has 19 heavy (non-hydrogen) atoms. The Hall–Kier alpha value is -1.99. The van der Waals surface area contributed by atoms with Gasteiger partial charge >= 0.3 is 0 Å². The summed E-state index contributed by atoms with van der Waals surface area (Å²) in [6, 6.07) is 11.3. The molecule has 0 bridgehead atoms. The minimum atomic E-state index is 0.502. The van der Waals surface area contributed by atoms with Crippen molar-refractivity contribution in [3.63, 3.8) is 0 Å². The molecule has 0 heterocycles. The van der Waals surface area contributed by atoms with Gasteiger partial charge in [-0.2, -0.15) is 5.26 Å². The van der Waals surface area contributed by atoms with Gasteiger partial charge in [0.15, 0.2) is 5.75 Å². The van der Waals surface area contributed by atoms with Crippen LogP contribution in [0, 0.1) is 25.2 Å². The Bertz CT molecular complexity index is 651. The van der Waals surface area contributed by atoms with Crippen molar-refractivity contribution >= 4 is 21.6 Å². The lowest BCUT2D eigenvalue weighted by Crippen LogP contribution is -1.96. The normalized spacial score (nSPS) is 10.0. The predicted octanol–water partition coefficient (Wildman–Crippen LogP) is 4.31. The zero-order chi connectivity index (χ0) is 14.0. The Balaban J connectivity index is 2.45. The molecule has 96 valence electrons. The van der Waals surface area contributed by atoms with Crippen LogP contribution in [-0.4, -0.2) is 0 Å². The number of aryl methyl sites for hydroxylation is 2. The van der Waals surface area contributed by atoms with Crippen molar-refractivity contribution in [1.82, 2.24) is 0 Å². The number of rotatable bonds is 2. The highest BCUT2D eigenvalue weighted by Crippen LogP contribution is 2.35. The third kappa shape index (κ3) is 2.88. The zero-order valence-corrected chi connectivity index (χ0v) is 12.3. The molecule has 0 unspecified atom stereocenters. The lowest BCUT2D eigenvalue weighted by molar-refractivity contribution is 0.479. The van der Waals surface area contributed by atoms with Gasteiger partial charge in [-0.05, 0) is 49.2 Å². The molecule has 3 nitrogen and oxygen atoms in total. The molecule has 0 spiro atoms. The molecule has 0 aliphatic heterocycles. The van der Waals surface area contributed by atoms with E-state index < -0.39 is 0 Å². The first-order valence-electron chi connectivity index (χ1n) is 5.75. The zero-order valence-electron chi connectivity index (χ0n) is 10.7. The van der Waals surface area contributed by atoms with E-state index in [1.807, 2.05) is 26.0 Å². The predicted molar refractivity (Wildman–Crippen MR) is 79.3 cm³/mol. The van der Waals surface area contributed by atoms with Gasteiger partial charge in [0, 0.05) is 4.47 Å². The van der Waals surface area contributed by atoms with Crippen molar-refractivity contribution in [2.45, 2.75) is 13.8 Å². The van der Waals surface area contributed by atoms with Crippen molar-refractivity contribution in [1.29, 1.82) is 5.26 Å². The summed E-state index contributed by atoms with van der Waals surface area (Å²) in [6.45, 7) is 3.85. The first-order valence-corrected chi connectivity index (χ1v) is 6.55. The number of hydrogen-bond acceptors (Lipinski definition) is 3. The van der Waals surface area contributed by atoms with Crippen LogP contribution in [0.25, 0.3) is 0 Å². The molecule has 2 N–H and O–H groups in total. The first-order chi connectivity index (χ1) is 9.01. The second-order valence-electron chi connectivity index (χ2n) is 4.35. The van der Waals surface area contributed by atoms with Crippen LogP contribution in [0.2, 0.25) is 0 Å². The van der Waals surface area contributed by atoms with E-state index in [-0.39, 0.29) is 0 Å². The Morgan fingerprint density at radius 1 is 1.21 bits per heavy atom. The molecule has 0 saturated carbocycles. The van der Waals surface area contributed by atoms with Gasteiger partial charge in [0.25, 0.3) is 0 Å². The second-order valence-corrected chi connectivity index (χ2v) is 5.27. The summed E-state index contributed by atoms with van der Waals surface area (Å²) >= 11 is 3.38. The van der Waals surface area contributed by atoms with Crippen LogP contribution in [0.4, 0.5) is 5.69 Å². The number of nitrogens with zero attached hydrogens (tertiary/aromatic N) is 1.